The SMILES string of the molecule is Cc1cc(CO)ccc1Sc1ccc(C(C)C)cc1. The molecule has 0 saturated heterocycles. The summed E-state index contributed by atoms with van der Waals surface area (Å²) in [6.07, 6.45) is 0. The van der Waals surface area contributed by atoms with Gasteiger partial charge in [-0.05, 0) is 47.7 Å². The Balaban J connectivity index is 2.16. The molecule has 19 heavy (non-hydrogen) atoms. The normalized spacial score (nSPS) is 11.0. The Morgan fingerprint density at radius 3 is 2.26 bits per heavy atom. The molecular formula is C17H20OS. The summed E-state index contributed by atoms with van der Waals surface area (Å²) in [5.41, 5.74) is 3.55. The van der Waals surface area contributed by atoms with Crippen molar-refractivity contribution in [1.29, 1.82) is 0 Å². The fourth-order valence-corrected chi connectivity index (χ4v) is 2.85. The van der Waals surface area contributed by atoms with Gasteiger partial charge in [0.05, 0.1) is 6.61 Å². The van der Waals surface area contributed by atoms with E-state index in [1.165, 1.54) is 20.9 Å². The molecule has 0 aromatic heterocycles. The third kappa shape index (κ3) is 3.62. The number of aliphatic hydroxyl groups excluding tert-OH is 1. The van der Waals surface area contributed by atoms with Crippen molar-refractivity contribution in [3.05, 3.63) is 59.2 Å². The van der Waals surface area contributed by atoms with E-state index in [0.29, 0.717) is 5.92 Å². The van der Waals surface area contributed by atoms with E-state index < -0.39 is 0 Å². The molecule has 100 valence electrons. The third-order valence-electron chi connectivity index (χ3n) is 3.20. The lowest BCUT2D eigenvalue weighted by Gasteiger charge is -2.09. The highest BCUT2D eigenvalue weighted by molar-refractivity contribution is 7.99. The molecule has 2 rings (SSSR count). The molecule has 2 heteroatoms. The van der Waals surface area contributed by atoms with Gasteiger partial charge in [-0.25, -0.2) is 0 Å². The van der Waals surface area contributed by atoms with Crippen molar-refractivity contribution >= 4 is 11.8 Å². The summed E-state index contributed by atoms with van der Waals surface area (Å²) in [4.78, 5) is 2.50. The van der Waals surface area contributed by atoms with Crippen LogP contribution in [0.3, 0.4) is 0 Å². The highest BCUT2D eigenvalue weighted by Crippen LogP contribution is 2.31. The predicted octanol–water partition coefficient (Wildman–Crippen LogP) is 4.76. The molecule has 1 nitrogen and oxygen atoms in total. The van der Waals surface area contributed by atoms with Crippen LogP contribution >= 0.6 is 11.8 Å². The first-order valence-corrected chi connectivity index (χ1v) is 7.40. The fourth-order valence-electron chi connectivity index (χ4n) is 1.97. The first-order valence-electron chi connectivity index (χ1n) is 6.58. The minimum atomic E-state index is 0.106. The zero-order chi connectivity index (χ0) is 13.8. The molecule has 0 heterocycles. The van der Waals surface area contributed by atoms with Crippen molar-refractivity contribution in [2.45, 2.75) is 43.1 Å². The Morgan fingerprint density at radius 1 is 1.05 bits per heavy atom. The van der Waals surface area contributed by atoms with Crippen LogP contribution in [-0.4, -0.2) is 5.11 Å². The molecule has 0 aliphatic heterocycles. The fraction of sp³-hybridized carbons (Fsp3) is 0.294. The van der Waals surface area contributed by atoms with Gasteiger partial charge in [-0.2, -0.15) is 0 Å². The van der Waals surface area contributed by atoms with Gasteiger partial charge in [-0.1, -0.05) is 49.9 Å². The molecule has 0 aliphatic carbocycles. The molecule has 0 atom stereocenters. The van der Waals surface area contributed by atoms with Crippen molar-refractivity contribution in [2.75, 3.05) is 0 Å². The van der Waals surface area contributed by atoms with Gasteiger partial charge < -0.3 is 5.11 Å². The maximum atomic E-state index is 9.12. The van der Waals surface area contributed by atoms with E-state index in [0.717, 1.165) is 5.56 Å². The van der Waals surface area contributed by atoms with Gasteiger partial charge in [0.1, 0.15) is 0 Å². The molecule has 0 amide bonds. The largest absolute Gasteiger partial charge is 0.392 e. The Morgan fingerprint density at radius 2 is 1.74 bits per heavy atom. The molecule has 0 unspecified atom stereocenters. The highest BCUT2D eigenvalue weighted by atomic mass is 32.2. The molecule has 0 radical (unpaired) electrons. The van der Waals surface area contributed by atoms with Crippen LogP contribution in [0.5, 0.6) is 0 Å². The minimum Gasteiger partial charge on any atom is -0.392 e. The van der Waals surface area contributed by atoms with Crippen molar-refractivity contribution in [3.8, 4) is 0 Å². The van der Waals surface area contributed by atoms with Gasteiger partial charge in [-0.3, -0.25) is 0 Å². The minimum absolute atomic E-state index is 0.106. The first kappa shape index (κ1) is 14.2. The quantitative estimate of drug-likeness (QED) is 0.865. The van der Waals surface area contributed by atoms with Crippen LogP contribution in [0.1, 0.15) is 36.5 Å². The van der Waals surface area contributed by atoms with Gasteiger partial charge in [0.25, 0.3) is 0 Å². The molecule has 0 spiro atoms. The first-order chi connectivity index (χ1) is 9.10. The Labute approximate surface area is 119 Å². The molecule has 2 aromatic carbocycles. The molecule has 2 aromatic rings. The zero-order valence-electron chi connectivity index (χ0n) is 11.7. The Hall–Kier alpha value is -1.25. The number of hydrogen-bond acceptors (Lipinski definition) is 2. The summed E-state index contributed by atoms with van der Waals surface area (Å²) in [5.74, 6) is 0.574. The molecule has 0 aliphatic rings. The van der Waals surface area contributed by atoms with Crippen LogP contribution in [0.15, 0.2) is 52.3 Å². The number of aliphatic hydroxyl groups is 1. The smallest absolute Gasteiger partial charge is 0.0681 e. The van der Waals surface area contributed by atoms with Crippen molar-refractivity contribution < 1.29 is 5.11 Å². The van der Waals surface area contributed by atoms with Crippen LogP contribution in [0.2, 0.25) is 0 Å². The number of aryl methyl sites for hydroxylation is 1. The number of rotatable bonds is 4. The summed E-state index contributed by atoms with van der Waals surface area (Å²) in [5, 5.41) is 9.12. The summed E-state index contributed by atoms with van der Waals surface area (Å²) < 4.78 is 0. The van der Waals surface area contributed by atoms with Crippen molar-refractivity contribution in [1.82, 2.24) is 0 Å². The topological polar surface area (TPSA) is 20.2 Å². The molecule has 0 bridgehead atoms. The average molecular weight is 272 g/mol. The second kappa shape index (κ2) is 6.27. The summed E-state index contributed by atoms with van der Waals surface area (Å²) in [7, 11) is 0. The van der Waals surface area contributed by atoms with Crippen molar-refractivity contribution in [3.63, 3.8) is 0 Å². The summed E-state index contributed by atoms with van der Waals surface area (Å²) in [6, 6.07) is 14.9. The second-order valence-electron chi connectivity index (χ2n) is 5.08. The van der Waals surface area contributed by atoms with E-state index in [9.17, 15) is 0 Å². The average Bonchev–Trinajstić information content (AvgIpc) is 2.41. The van der Waals surface area contributed by atoms with Gasteiger partial charge in [0.15, 0.2) is 0 Å². The van der Waals surface area contributed by atoms with E-state index in [1.807, 2.05) is 12.1 Å². The van der Waals surface area contributed by atoms with E-state index >= 15 is 0 Å². The number of hydrogen-bond donors (Lipinski definition) is 1. The zero-order valence-corrected chi connectivity index (χ0v) is 12.5. The van der Waals surface area contributed by atoms with E-state index in [4.69, 9.17) is 5.11 Å². The van der Waals surface area contributed by atoms with Crippen LogP contribution in [0, 0.1) is 6.92 Å². The summed E-state index contributed by atoms with van der Waals surface area (Å²) in [6.45, 7) is 6.61. The Bertz CT molecular complexity index is 544. The standard InChI is InChI=1S/C17H20OS/c1-12(2)15-5-7-16(8-6-15)19-17-9-4-14(11-18)10-13(17)3/h4-10,12,18H,11H2,1-3H3. The van der Waals surface area contributed by atoms with Crippen molar-refractivity contribution in [2.24, 2.45) is 0 Å². The van der Waals surface area contributed by atoms with E-state index in [1.54, 1.807) is 11.8 Å². The molecular weight excluding hydrogens is 252 g/mol. The highest BCUT2D eigenvalue weighted by Gasteiger charge is 2.04. The van der Waals surface area contributed by atoms with Crippen LogP contribution in [-0.2, 0) is 6.61 Å². The van der Waals surface area contributed by atoms with E-state index in [2.05, 4.69) is 51.1 Å². The lowest BCUT2D eigenvalue weighted by Crippen LogP contribution is -1.88. The molecule has 1 N–H and O–H groups in total. The van der Waals surface area contributed by atoms with Gasteiger partial charge in [0, 0.05) is 9.79 Å². The lowest BCUT2D eigenvalue weighted by molar-refractivity contribution is 0.281. The maximum absolute atomic E-state index is 9.12. The van der Waals surface area contributed by atoms with E-state index in [-0.39, 0.29) is 6.61 Å². The Kier molecular flexibility index (Phi) is 4.67. The molecule has 0 saturated carbocycles. The van der Waals surface area contributed by atoms with Gasteiger partial charge in [0.2, 0.25) is 0 Å². The third-order valence-corrected chi connectivity index (χ3v) is 4.38. The second-order valence-corrected chi connectivity index (χ2v) is 6.20. The maximum Gasteiger partial charge on any atom is 0.0681 e. The lowest BCUT2D eigenvalue weighted by atomic mass is 10.0. The van der Waals surface area contributed by atoms with Crippen LogP contribution in [0.4, 0.5) is 0 Å². The molecule has 0 fully saturated rings. The van der Waals surface area contributed by atoms with Gasteiger partial charge in [-0.15, -0.1) is 0 Å². The number of benzene rings is 2. The summed E-state index contributed by atoms with van der Waals surface area (Å²) >= 11 is 1.77. The predicted molar refractivity (Wildman–Crippen MR) is 81.8 cm³/mol. The van der Waals surface area contributed by atoms with Gasteiger partial charge >= 0.3 is 0 Å². The van der Waals surface area contributed by atoms with Crippen LogP contribution in [0.25, 0.3) is 0 Å². The van der Waals surface area contributed by atoms with Crippen LogP contribution < -0.4 is 0 Å². The monoisotopic (exact) mass is 272 g/mol.